The van der Waals surface area contributed by atoms with Crippen LogP contribution in [0.25, 0.3) is 276 Å². The van der Waals surface area contributed by atoms with E-state index in [1.54, 1.807) is 0 Å². The number of pyridine rings is 4. The second kappa shape index (κ2) is 30.2. The molecular weight excluding hydrogens is 1710 g/mol. The van der Waals surface area contributed by atoms with Crippen LogP contribution in [0.15, 0.2) is 473 Å². The fraction of sp³-hybridized carbons (Fsp3) is 0. The molecule has 0 bridgehead atoms. The number of fused-ring (bicyclic) bond motifs is 28. The molecule has 0 N–H and O–H groups in total. The molecule has 650 valence electrons. The van der Waals surface area contributed by atoms with Gasteiger partial charge in [-0.25, -0.2) is 9.97 Å². The zero-order valence-corrected chi connectivity index (χ0v) is 75.4. The number of hydrogen-bond donors (Lipinski definition) is 0. The van der Waals surface area contributed by atoms with E-state index < -0.39 is 0 Å². The summed E-state index contributed by atoms with van der Waals surface area (Å²) in [5.74, 6) is 1.59. The third-order valence-electron chi connectivity index (χ3n) is 29.3. The lowest BCUT2D eigenvalue weighted by Crippen LogP contribution is -2.03. The molecule has 0 radical (unpaired) electrons. The van der Waals surface area contributed by atoms with Gasteiger partial charge in [0, 0.05) is 133 Å². The van der Waals surface area contributed by atoms with E-state index >= 15 is 0 Å². The van der Waals surface area contributed by atoms with Crippen molar-refractivity contribution in [1.29, 1.82) is 0 Å². The van der Waals surface area contributed by atoms with Crippen molar-refractivity contribution < 1.29 is 0 Å². The Labute approximate surface area is 800 Å². The number of hydrogen-bond acceptors (Lipinski definition) is 4. The van der Waals surface area contributed by atoms with Crippen molar-refractivity contribution in [2.75, 3.05) is 0 Å². The van der Waals surface area contributed by atoms with Crippen molar-refractivity contribution in [3.63, 3.8) is 0 Å². The summed E-state index contributed by atoms with van der Waals surface area (Å²) in [6.07, 6.45) is 3.68. The van der Waals surface area contributed by atoms with Crippen LogP contribution in [0.3, 0.4) is 0 Å². The standard InChI is InChI=1S/C128H78N12/c1-3-29-79(30-4-1)81-33-23-35-85(73-81)133-111-51-13-7-41-91(111)97-61-62-98-92-42-8-14-52-112(92)135(122(98)121(97)133)87-37-25-38-88(77-87)136-113-53-15-9-43-93(113)99-65-67-103-105-75-83(59-69-117(105)134(126(103)123(99)136)86-36-24-34-82(74-86)80-31-5-2-6-32-80)84-60-70-118-106(76-84)104-68-66-101-95-45-11-17-55-115(95)138(125(101)128(104)140(118)120-58-28-50-110(132-120)108-48-20-22-72-130-108)90-40-26-39-89(78-90)137-114-54-16-10-44-94(114)100-63-64-102-96-46-12-18-56-116(96)139(127(102)124(100)137)119-57-27-49-109(131-119)107-47-19-21-71-129-107/h1-78H. The second-order valence-electron chi connectivity index (χ2n) is 36.7. The van der Waals surface area contributed by atoms with Crippen molar-refractivity contribution in [2.45, 2.75) is 0 Å². The van der Waals surface area contributed by atoms with Gasteiger partial charge in [0.15, 0.2) is 0 Å². The molecule has 0 saturated carbocycles. The van der Waals surface area contributed by atoms with Gasteiger partial charge in [0.1, 0.15) is 11.6 Å². The van der Waals surface area contributed by atoms with Crippen molar-refractivity contribution >= 4 is 174 Å². The van der Waals surface area contributed by atoms with E-state index in [1.807, 2.05) is 48.8 Å². The third-order valence-corrected chi connectivity index (χ3v) is 29.3. The summed E-state index contributed by atoms with van der Waals surface area (Å²) in [6, 6.07) is 169. The summed E-state index contributed by atoms with van der Waals surface area (Å²) in [5.41, 5.74) is 33.8. The molecule has 0 aliphatic rings. The molecule has 0 unspecified atom stereocenters. The van der Waals surface area contributed by atoms with E-state index in [0.29, 0.717) is 0 Å². The highest BCUT2D eigenvalue weighted by Crippen LogP contribution is 2.51. The molecule has 0 amide bonds. The molecule has 0 fully saturated rings. The fourth-order valence-electron chi connectivity index (χ4n) is 23.4. The zero-order chi connectivity index (χ0) is 91.5. The maximum absolute atomic E-state index is 5.65. The maximum atomic E-state index is 5.65. The lowest BCUT2D eigenvalue weighted by atomic mass is 10.00. The molecule has 0 atom stereocenters. The highest BCUT2D eigenvalue weighted by Gasteiger charge is 2.30. The highest BCUT2D eigenvalue weighted by atomic mass is 15.1. The first kappa shape index (κ1) is 77.4. The summed E-state index contributed by atoms with van der Waals surface area (Å²) in [5, 5.41) is 18.4. The molecule has 12 nitrogen and oxygen atoms in total. The number of aromatic nitrogens is 12. The zero-order valence-electron chi connectivity index (χ0n) is 75.4. The van der Waals surface area contributed by atoms with Gasteiger partial charge in [-0.1, -0.05) is 291 Å². The normalized spacial score (nSPS) is 12.1. The van der Waals surface area contributed by atoms with Crippen LogP contribution < -0.4 is 0 Å². The quantitative estimate of drug-likeness (QED) is 0.115. The molecule has 0 aliphatic carbocycles. The second-order valence-corrected chi connectivity index (χ2v) is 36.7. The first-order valence-electron chi connectivity index (χ1n) is 47.7. The Hall–Kier alpha value is -19.0. The van der Waals surface area contributed by atoms with Gasteiger partial charge in [-0.2, -0.15) is 0 Å². The number of benzene rings is 18. The van der Waals surface area contributed by atoms with Gasteiger partial charge in [0.05, 0.1) is 111 Å². The van der Waals surface area contributed by atoms with Crippen LogP contribution in [0.5, 0.6) is 0 Å². The maximum Gasteiger partial charge on any atom is 0.138 e. The Balaban J connectivity index is 0.631. The van der Waals surface area contributed by atoms with Crippen LogP contribution in [-0.4, -0.2) is 56.5 Å². The van der Waals surface area contributed by atoms with Crippen LogP contribution in [0, 0.1) is 0 Å². The predicted octanol–water partition coefficient (Wildman–Crippen LogP) is 32.4. The topological polar surface area (TPSA) is 91.0 Å². The molecule has 18 aromatic carbocycles. The summed E-state index contributed by atoms with van der Waals surface area (Å²) in [7, 11) is 0. The molecule has 140 heavy (non-hydrogen) atoms. The predicted molar refractivity (Wildman–Crippen MR) is 580 cm³/mol. The van der Waals surface area contributed by atoms with Crippen molar-refractivity contribution in [3.8, 4) is 102 Å². The first-order valence-corrected chi connectivity index (χ1v) is 47.7. The SMILES string of the molecule is c1ccc(-c2cccc(-n3c4ccccc4c4ccc5c6ccccc6n(-c6cccc(-n7c8ccccc8c8ccc9c%10cc(-c%11ccc%12c(c%11)c%11ccc%13c%14ccccc%14n(-c%14cccc(-n%15c%16ccccc%16c%16ccc%17c%18ccccc%18n(-c%18cccc(-c%19ccccn%19)n%18)c%17c%16%15)c%14)c%13c%11n%12-c%11cccc(-c%12ccccn%12)n%11)ccc%10n(-c%10cccc(-c%11ccccc%11)c%10)c9c87)c6)c5c43)c2)cc1. The molecule has 30 aromatic rings. The van der Waals surface area contributed by atoms with E-state index in [4.69, 9.17) is 19.9 Å². The average molecular weight is 1780 g/mol. The first-order chi connectivity index (χ1) is 69.5. The van der Waals surface area contributed by atoms with Crippen LogP contribution in [0.2, 0.25) is 0 Å². The Morgan fingerprint density at radius 2 is 0.357 bits per heavy atom. The Morgan fingerprint density at radius 3 is 0.671 bits per heavy atom. The van der Waals surface area contributed by atoms with E-state index in [9.17, 15) is 0 Å². The minimum absolute atomic E-state index is 0.777. The summed E-state index contributed by atoms with van der Waals surface area (Å²) in [6.45, 7) is 0. The van der Waals surface area contributed by atoms with Gasteiger partial charge < -0.3 is 27.4 Å². The van der Waals surface area contributed by atoms with Crippen LogP contribution >= 0.6 is 0 Å². The van der Waals surface area contributed by atoms with Crippen molar-refractivity contribution in [3.05, 3.63) is 473 Å². The van der Waals surface area contributed by atoms with Gasteiger partial charge in [0.25, 0.3) is 0 Å². The summed E-state index contributed by atoms with van der Waals surface area (Å²) >= 11 is 0. The number of para-hydroxylation sites is 6. The lowest BCUT2D eigenvalue weighted by molar-refractivity contribution is 1.07. The number of rotatable bonds is 13. The van der Waals surface area contributed by atoms with Crippen LogP contribution in [0.1, 0.15) is 0 Å². The summed E-state index contributed by atoms with van der Waals surface area (Å²) < 4.78 is 19.9. The Bertz CT molecular complexity index is 9890. The van der Waals surface area contributed by atoms with Crippen LogP contribution in [-0.2, 0) is 0 Å². The molecule has 0 spiro atoms. The molecular formula is C128H78N12. The van der Waals surface area contributed by atoms with Gasteiger partial charge in [-0.3, -0.25) is 19.1 Å². The molecule has 30 rings (SSSR count). The van der Waals surface area contributed by atoms with E-state index in [-0.39, 0.29) is 0 Å². The van der Waals surface area contributed by atoms with Crippen molar-refractivity contribution in [2.24, 2.45) is 0 Å². The lowest BCUT2D eigenvalue weighted by Gasteiger charge is -2.16. The average Bonchev–Trinajstić information content (AvgIpc) is 1.45. The highest BCUT2D eigenvalue weighted by molar-refractivity contribution is 6.29. The molecule has 12 heterocycles. The molecule has 0 saturated heterocycles. The van der Waals surface area contributed by atoms with Gasteiger partial charge in [0.2, 0.25) is 0 Å². The van der Waals surface area contributed by atoms with Gasteiger partial charge >= 0.3 is 0 Å². The minimum Gasteiger partial charge on any atom is -0.307 e. The fourth-order valence-corrected chi connectivity index (χ4v) is 23.4. The molecule has 12 heteroatoms. The van der Waals surface area contributed by atoms with Crippen molar-refractivity contribution in [1.82, 2.24) is 56.5 Å². The summed E-state index contributed by atoms with van der Waals surface area (Å²) in [4.78, 5) is 20.8. The third kappa shape index (κ3) is 11.4. The van der Waals surface area contributed by atoms with Gasteiger partial charge in [-0.15, -0.1) is 0 Å². The Kier molecular flexibility index (Phi) is 16.7. The van der Waals surface area contributed by atoms with E-state index in [1.165, 1.54) is 32.5 Å². The monoisotopic (exact) mass is 1780 g/mol. The van der Waals surface area contributed by atoms with E-state index in [2.05, 4.69) is 461 Å². The molecule has 0 aliphatic heterocycles. The number of nitrogens with zero attached hydrogens (tertiary/aromatic N) is 12. The minimum atomic E-state index is 0.777. The van der Waals surface area contributed by atoms with Gasteiger partial charge in [-0.05, 0) is 203 Å². The van der Waals surface area contributed by atoms with E-state index in [0.717, 1.165) is 244 Å². The largest absolute Gasteiger partial charge is 0.307 e. The molecule has 12 aromatic heterocycles. The van der Waals surface area contributed by atoms with Crippen LogP contribution in [0.4, 0.5) is 0 Å². The Morgan fingerprint density at radius 1 is 0.129 bits per heavy atom. The smallest absolute Gasteiger partial charge is 0.138 e.